The van der Waals surface area contributed by atoms with Crippen LogP contribution in [0.1, 0.15) is 43.9 Å². The molecule has 1 aliphatic heterocycles. The molecule has 0 bridgehead atoms. The zero-order chi connectivity index (χ0) is 29.0. The fraction of sp³-hybridized carbons (Fsp3) is 0.481. The number of benzene rings is 1. The lowest BCUT2D eigenvalue weighted by atomic mass is 9.96. The summed E-state index contributed by atoms with van der Waals surface area (Å²) in [6, 6.07) is 12.3. The molecule has 1 unspecified atom stereocenters. The fourth-order valence-electron chi connectivity index (χ4n) is 4.54. The Labute approximate surface area is 227 Å². The molecule has 12 nitrogen and oxygen atoms in total. The highest BCUT2D eigenvalue weighted by Gasteiger charge is 2.40. The first kappa shape index (κ1) is 31.5. The smallest absolute Gasteiger partial charge is 0.336 e. The van der Waals surface area contributed by atoms with E-state index in [-0.39, 0.29) is 5.75 Å². The minimum atomic E-state index is -2.74. The van der Waals surface area contributed by atoms with Gasteiger partial charge in [-0.25, -0.2) is 4.79 Å². The van der Waals surface area contributed by atoms with Crippen molar-refractivity contribution >= 4 is 17.9 Å². The molecule has 1 aromatic heterocycles. The number of nitrogens with zero attached hydrogens (tertiary/aromatic N) is 3. The molecule has 12 heteroatoms. The number of aliphatic hydroxyl groups is 1. The molecular weight excluding hydrogens is 510 g/mol. The maximum absolute atomic E-state index is 10.5. The molecule has 0 saturated carbocycles. The number of pyridine rings is 1. The van der Waals surface area contributed by atoms with Crippen molar-refractivity contribution in [1.82, 2.24) is 14.8 Å². The highest BCUT2D eigenvalue weighted by atomic mass is 16.5. The number of likely N-dealkylation sites (tertiary alicyclic amines) is 1. The molecule has 2 heterocycles. The molecule has 1 fully saturated rings. The Morgan fingerprint density at radius 3 is 2.31 bits per heavy atom. The summed E-state index contributed by atoms with van der Waals surface area (Å²) in [4.78, 5) is 39.9. The number of hydrogen-bond acceptors (Lipinski definition) is 9. The zero-order valence-corrected chi connectivity index (χ0v) is 22.2. The van der Waals surface area contributed by atoms with E-state index in [0.717, 1.165) is 30.9 Å². The number of likely N-dealkylation sites (N-methyl/N-ethyl adjacent to an activating group) is 1. The number of carboxylic acid groups (broad SMARTS) is 3. The van der Waals surface area contributed by atoms with Crippen molar-refractivity contribution in [2.24, 2.45) is 0 Å². The van der Waals surface area contributed by atoms with Gasteiger partial charge in [-0.15, -0.1) is 0 Å². The van der Waals surface area contributed by atoms with Gasteiger partial charge in [0.1, 0.15) is 0 Å². The van der Waals surface area contributed by atoms with Crippen LogP contribution in [0.3, 0.4) is 0 Å². The van der Waals surface area contributed by atoms with Gasteiger partial charge < -0.3 is 30.3 Å². The second-order valence-corrected chi connectivity index (χ2v) is 9.36. The van der Waals surface area contributed by atoms with Crippen molar-refractivity contribution in [2.45, 2.75) is 57.3 Å². The fourth-order valence-corrected chi connectivity index (χ4v) is 4.54. The number of aromatic nitrogens is 1. The van der Waals surface area contributed by atoms with Gasteiger partial charge in [0.15, 0.2) is 17.1 Å². The first-order valence-electron chi connectivity index (χ1n) is 12.6. The van der Waals surface area contributed by atoms with Gasteiger partial charge in [-0.3, -0.25) is 24.4 Å². The van der Waals surface area contributed by atoms with Gasteiger partial charge in [-0.1, -0.05) is 25.1 Å². The number of carbonyl (C=O) groups is 3. The number of phenols is 1. The van der Waals surface area contributed by atoms with Crippen molar-refractivity contribution in [2.75, 3.05) is 26.7 Å². The quantitative estimate of drug-likeness (QED) is 0.246. The van der Waals surface area contributed by atoms with E-state index in [9.17, 15) is 19.5 Å². The molecule has 1 aromatic carbocycles. The van der Waals surface area contributed by atoms with E-state index in [2.05, 4.69) is 27.8 Å². The van der Waals surface area contributed by atoms with Gasteiger partial charge in [0, 0.05) is 37.4 Å². The second-order valence-electron chi connectivity index (χ2n) is 9.36. The average Bonchev–Trinajstić information content (AvgIpc) is 3.32. The number of hydrogen-bond donors (Lipinski definition) is 5. The van der Waals surface area contributed by atoms with Crippen LogP contribution in [0.15, 0.2) is 42.6 Å². The van der Waals surface area contributed by atoms with Crippen LogP contribution in [0, 0.1) is 0 Å². The molecule has 3 rings (SSSR count). The summed E-state index contributed by atoms with van der Waals surface area (Å²) in [5, 5.41) is 44.3. The second kappa shape index (κ2) is 15.0. The third kappa shape index (κ3) is 9.82. The number of carboxylic acids is 3. The van der Waals surface area contributed by atoms with Crippen LogP contribution < -0.4 is 4.74 Å². The van der Waals surface area contributed by atoms with E-state index >= 15 is 0 Å². The third-order valence-corrected chi connectivity index (χ3v) is 6.47. The minimum absolute atomic E-state index is 0.236. The summed E-state index contributed by atoms with van der Waals surface area (Å²) in [6.45, 7) is 6.92. The average molecular weight is 548 g/mol. The molecule has 1 saturated heterocycles. The maximum Gasteiger partial charge on any atom is 0.336 e. The van der Waals surface area contributed by atoms with E-state index in [4.69, 9.17) is 25.2 Å². The molecule has 1 aliphatic rings. The van der Waals surface area contributed by atoms with E-state index in [1.807, 2.05) is 30.5 Å². The van der Waals surface area contributed by atoms with Crippen LogP contribution in [0.5, 0.6) is 11.5 Å². The molecule has 39 heavy (non-hydrogen) atoms. The van der Waals surface area contributed by atoms with Crippen molar-refractivity contribution in [1.29, 1.82) is 0 Å². The van der Waals surface area contributed by atoms with Gasteiger partial charge in [-0.2, -0.15) is 0 Å². The number of methoxy groups -OCH3 is 1. The number of para-hydroxylation sites is 1. The Morgan fingerprint density at radius 2 is 1.77 bits per heavy atom. The molecule has 0 spiro atoms. The molecule has 0 radical (unpaired) electrons. The van der Waals surface area contributed by atoms with E-state index in [1.54, 1.807) is 13.2 Å². The van der Waals surface area contributed by atoms with Crippen LogP contribution in [0.2, 0.25) is 0 Å². The molecule has 0 amide bonds. The summed E-state index contributed by atoms with van der Waals surface area (Å²) in [5.41, 5.74) is -0.797. The van der Waals surface area contributed by atoms with Crippen LogP contribution in [-0.4, -0.2) is 96.6 Å². The maximum atomic E-state index is 10.5. The van der Waals surface area contributed by atoms with Gasteiger partial charge in [0.2, 0.25) is 0 Å². The van der Waals surface area contributed by atoms with Crippen LogP contribution in [0.4, 0.5) is 0 Å². The highest BCUT2D eigenvalue weighted by molar-refractivity contribution is 5.88. The Bertz CT molecular complexity index is 1080. The molecule has 214 valence electrons. The predicted octanol–water partition coefficient (Wildman–Crippen LogP) is 2.03. The molecule has 5 N–H and O–H groups in total. The summed E-state index contributed by atoms with van der Waals surface area (Å²) in [7, 11) is 1.59. The third-order valence-electron chi connectivity index (χ3n) is 6.47. The van der Waals surface area contributed by atoms with E-state index in [0.29, 0.717) is 18.3 Å². The topological polar surface area (TPSA) is 181 Å². The first-order valence-corrected chi connectivity index (χ1v) is 12.6. The lowest BCUT2D eigenvalue weighted by Gasteiger charge is -2.30. The number of phenolic OH excluding ortho intramolecular Hbond substituents is 1. The number of rotatable bonds is 13. The SMILES string of the molecule is CCN1CCCC1CN(Cc1ccccn1)Cc1cccc(OC)c1O.O=C(O)CC(O)(CC(=O)O)C(=O)O. The first-order chi connectivity index (χ1) is 18.5. The Morgan fingerprint density at radius 1 is 1.08 bits per heavy atom. The predicted molar refractivity (Wildman–Crippen MR) is 140 cm³/mol. The van der Waals surface area contributed by atoms with E-state index in [1.165, 1.54) is 19.4 Å². The lowest BCUT2D eigenvalue weighted by Crippen LogP contribution is -2.42. The monoisotopic (exact) mass is 547 g/mol. The summed E-state index contributed by atoms with van der Waals surface area (Å²) in [6.07, 6.45) is 2.05. The Hall–Kier alpha value is -3.74. The van der Waals surface area contributed by atoms with Crippen LogP contribution >= 0.6 is 0 Å². The van der Waals surface area contributed by atoms with Crippen molar-refractivity contribution < 1.29 is 44.7 Å². The normalized spacial score (nSPS) is 15.4. The van der Waals surface area contributed by atoms with Crippen molar-refractivity contribution in [3.63, 3.8) is 0 Å². The Kier molecular flexibility index (Phi) is 12.1. The zero-order valence-electron chi connectivity index (χ0n) is 22.2. The van der Waals surface area contributed by atoms with Gasteiger partial charge in [-0.05, 0) is 44.1 Å². The van der Waals surface area contributed by atoms with Crippen molar-refractivity contribution in [3.05, 3.63) is 53.9 Å². The molecule has 0 aliphatic carbocycles. The number of ether oxygens (including phenoxy) is 1. The summed E-state index contributed by atoms with van der Waals surface area (Å²) in [5.74, 6) is -4.26. The van der Waals surface area contributed by atoms with Gasteiger partial charge in [0.05, 0.1) is 25.6 Å². The molecular formula is C27H37N3O9. The highest BCUT2D eigenvalue weighted by Crippen LogP contribution is 2.31. The van der Waals surface area contributed by atoms with Gasteiger partial charge >= 0.3 is 17.9 Å². The van der Waals surface area contributed by atoms with E-state index < -0.39 is 36.4 Å². The van der Waals surface area contributed by atoms with Crippen molar-refractivity contribution in [3.8, 4) is 11.5 Å². The number of aliphatic carboxylic acids is 3. The number of aromatic hydroxyl groups is 1. The minimum Gasteiger partial charge on any atom is -0.504 e. The molecule has 1 atom stereocenters. The molecule has 2 aromatic rings. The standard InChI is InChI=1S/C21H29N3O2.C6H8O7/c1-3-24-13-7-10-19(24)16-23(15-18-9-4-5-12-22-18)14-17-8-6-11-20(26-2)21(17)25;7-3(8)1-6(13,5(11)12)2-4(9)10/h4-6,8-9,11-12,19,25H,3,7,10,13-16H2,1-2H3;13H,1-2H2,(H,7,8)(H,9,10)(H,11,12). The summed E-state index contributed by atoms with van der Waals surface area (Å²) < 4.78 is 5.26. The summed E-state index contributed by atoms with van der Waals surface area (Å²) >= 11 is 0. The Balaban J connectivity index is 0.000000349. The van der Waals surface area contributed by atoms with Crippen LogP contribution in [0.25, 0.3) is 0 Å². The lowest BCUT2D eigenvalue weighted by molar-refractivity contribution is -0.170. The van der Waals surface area contributed by atoms with Crippen LogP contribution in [-0.2, 0) is 27.5 Å². The largest absolute Gasteiger partial charge is 0.504 e. The van der Waals surface area contributed by atoms with Gasteiger partial charge in [0.25, 0.3) is 0 Å².